The summed E-state index contributed by atoms with van der Waals surface area (Å²) in [5.74, 6) is 2.07. The summed E-state index contributed by atoms with van der Waals surface area (Å²) < 4.78 is 0. The van der Waals surface area contributed by atoms with Crippen molar-refractivity contribution in [2.24, 2.45) is 23.7 Å². The van der Waals surface area contributed by atoms with E-state index in [2.05, 4.69) is 20.8 Å². The van der Waals surface area contributed by atoms with Crippen LogP contribution in [-0.4, -0.2) is 11.1 Å². The molecule has 2 nitrogen and oxygen atoms in total. The van der Waals surface area contributed by atoms with E-state index >= 15 is 0 Å². The van der Waals surface area contributed by atoms with Crippen molar-refractivity contribution < 1.29 is 9.90 Å². The minimum atomic E-state index is -0.598. The van der Waals surface area contributed by atoms with Crippen molar-refractivity contribution in [3.8, 4) is 0 Å². The highest BCUT2D eigenvalue weighted by Gasteiger charge is 2.42. The Morgan fingerprint density at radius 1 is 1.09 bits per heavy atom. The van der Waals surface area contributed by atoms with E-state index in [-0.39, 0.29) is 0 Å². The van der Waals surface area contributed by atoms with Crippen LogP contribution < -0.4 is 0 Å². The molecule has 0 aromatic carbocycles. The van der Waals surface area contributed by atoms with Crippen LogP contribution in [0.5, 0.6) is 0 Å². The first kappa shape index (κ1) is 19.5. The van der Waals surface area contributed by atoms with Gasteiger partial charge in [0.2, 0.25) is 0 Å². The summed E-state index contributed by atoms with van der Waals surface area (Å²) in [5, 5.41) is 9.19. The zero-order chi connectivity index (χ0) is 16.4. The van der Waals surface area contributed by atoms with E-state index in [9.17, 15) is 9.90 Å². The van der Waals surface area contributed by atoms with Crippen LogP contribution >= 0.6 is 0 Å². The maximum Gasteiger partial charge on any atom is 0.303 e. The fourth-order valence-electron chi connectivity index (χ4n) is 4.13. The van der Waals surface area contributed by atoms with Crippen LogP contribution in [0.15, 0.2) is 0 Å². The van der Waals surface area contributed by atoms with Crippen LogP contribution in [-0.2, 0) is 4.79 Å². The molecule has 0 spiro atoms. The fraction of sp³-hybridized carbons (Fsp3) is 0.950. The first-order chi connectivity index (χ1) is 10.6. The molecule has 22 heavy (non-hydrogen) atoms. The normalized spacial score (nSPS) is 23.2. The molecule has 1 fully saturated rings. The van der Waals surface area contributed by atoms with Gasteiger partial charge < -0.3 is 5.11 Å². The summed E-state index contributed by atoms with van der Waals surface area (Å²) in [4.78, 5) is 11.1. The van der Waals surface area contributed by atoms with Crippen LogP contribution in [0, 0.1) is 23.7 Å². The van der Waals surface area contributed by atoms with E-state index in [1.54, 1.807) is 0 Å². The van der Waals surface area contributed by atoms with Crippen LogP contribution in [0.2, 0.25) is 0 Å². The van der Waals surface area contributed by atoms with Gasteiger partial charge in [0.25, 0.3) is 0 Å². The number of carboxylic acid groups (broad SMARTS) is 1. The maximum atomic E-state index is 11.1. The van der Waals surface area contributed by atoms with Crippen molar-refractivity contribution in [3.05, 3.63) is 0 Å². The van der Waals surface area contributed by atoms with Crippen molar-refractivity contribution in [2.45, 2.75) is 97.8 Å². The Hall–Kier alpha value is -0.530. The summed E-state index contributed by atoms with van der Waals surface area (Å²) in [7, 11) is 0. The lowest BCUT2D eigenvalue weighted by atomic mass is 9.86. The third kappa shape index (κ3) is 8.19. The van der Waals surface area contributed by atoms with Gasteiger partial charge in [-0.15, -0.1) is 0 Å². The fourth-order valence-corrected chi connectivity index (χ4v) is 4.13. The third-order valence-corrected chi connectivity index (χ3v) is 5.43. The molecule has 1 rings (SSSR count). The molecule has 130 valence electrons. The lowest BCUT2D eigenvalue weighted by molar-refractivity contribution is -0.138. The number of rotatable bonds is 14. The quantitative estimate of drug-likeness (QED) is 0.383. The average molecular weight is 311 g/mol. The standard InChI is InChI=1S/C20H38O2/c1-4-6-7-8-9-10-12-17-14-19(17)18(15-20(21)22)13-16(3)11-5-2/h16-19H,4-15H2,1-3H3,(H,21,22). The summed E-state index contributed by atoms with van der Waals surface area (Å²) in [6, 6.07) is 0. The predicted octanol–water partition coefficient (Wildman–Crippen LogP) is 6.29. The Morgan fingerprint density at radius 3 is 2.41 bits per heavy atom. The van der Waals surface area contributed by atoms with Crippen molar-refractivity contribution in [2.75, 3.05) is 0 Å². The minimum absolute atomic E-state index is 0.395. The van der Waals surface area contributed by atoms with Crippen LogP contribution in [0.25, 0.3) is 0 Å². The average Bonchev–Trinajstić information content (AvgIpc) is 3.21. The second-order valence-electron chi connectivity index (χ2n) is 7.70. The van der Waals surface area contributed by atoms with Crippen molar-refractivity contribution >= 4 is 5.97 Å². The molecule has 0 radical (unpaired) electrons. The Morgan fingerprint density at radius 2 is 1.77 bits per heavy atom. The first-order valence-corrected chi connectivity index (χ1v) is 9.80. The van der Waals surface area contributed by atoms with E-state index < -0.39 is 5.97 Å². The SMILES string of the molecule is CCCCCCCCC1CC1C(CC(=O)O)CC(C)CCC. The van der Waals surface area contributed by atoms with Gasteiger partial charge in [-0.1, -0.05) is 78.6 Å². The maximum absolute atomic E-state index is 11.1. The van der Waals surface area contributed by atoms with E-state index in [4.69, 9.17) is 0 Å². The first-order valence-electron chi connectivity index (χ1n) is 9.80. The van der Waals surface area contributed by atoms with Gasteiger partial charge in [-0.2, -0.15) is 0 Å². The van der Waals surface area contributed by atoms with Gasteiger partial charge in [0.1, 0.15) is 0 Å². The lowest BCUT2D eigenvalue weighted by Crippen LogP contribution is -2.14. The molecule has 0 saturated heterocycles. The van der Waals surface area contributed by atoms with E-state index in [1.807, 2.05) is 0 Å². The lowest BCUT2D eigenvalue weighted by Gasteiger charge is -2.19. The molecule has 4 atom stereocenters. The molecule has 1 aliphatic carbocycles. The Bertz CT molecular complexity index is 300. The third-order valence-electron chi connectivity index (χ3n) is 5.43. The van der Waals surface area contributed by atoms with Gasteiger partial charge in [-0.05, 0) is 36.5 Å². The summed E-state index contributed by atoms with van der Waals surface area (Å²) in [6.45, 7) is 6.78. The van der Waals surface area contributed by atoms with E-state index in [0.717, 1.165) is 12.3 Å². The monoisotopic (exact) mass is 310 g/mol. The van der Waals surface area contributed by atoms with Crippen molar-refractivity contribution in [1.29, 1.82) is 0 Å². The smallest absolute Gasteiger partial charge is 0.303 e. The molecule has 2 heteroatoms. The number of unbranched alkanes of at least 4 members (excludes halogenated alkanes) is 5. The molecule has 1 aliphatic rings. The molecule has 4 unspecified atom stereocenters. The molecule has 0 aliphatic heterocycles. The number of aliphatic carboxylic acids is 1. The highest BCUT2D eigenvalue weighted by Crippen LogP contribution is 2.50. The van der Waals surface area contributed by atoms with Gasteiger partial charge in [0.05, 0.1) is 0 Å². The van der Waals surface area contributed by atoms with Crippen LogP contribution in [0.3, 0.4) is 0 Å². The molecule has 0 aromatic rings. The second kappa shape index (κ2) is 11.1. The number of hydrogen-bond donors (Lipinski definition) is 1. The molecule has 0 heterocycles. The molecular weight excluding hydrogens is 272 g/mol. The van der Waals surface area contributed by atoms with E-state index in [1.165, 1.54) is 64.2 Å². The molecule has 0 aromatic heterocycles. The summed E-state index contributed by atoms with van der Waals surface area (Å²) in [5.41, 5.74) is 0. The van der Waals surface area contributed by atoms with Crippen molar-refractivity contribution in [1.82, 2.24) is 0 Å². The number of carbonyl (C=O) groups is 1. The minimum Gasteiger partial charge on any atom is -0.481 e. The largest absolute Gasteiger partial charge is 0.481 e. The molecule has 0 amide bonds. The number of carboxylic acids is 1. The van der Waals surface area contributed by atoms with Gasteiger partial charge in [0, 0.05) is 6.42 Å². The van der Waals surface area contributed by atoms with Gasteiger partial charge in [-0.25, -0.2) is 0 Å². The summed E-state index contributed by atoms with van der Waals surface area (Å²) >= 11 is 0. The van der Waals surface area contributed by atoms with Gasteiger partial charge >= 0.3 is 5.97 Å². The predicted molar refractivity (Wildman–Crippen MR) is 94.0 cm³/mol. The highest BCUT2D eigenvalue weighted by atomic mass is 16.4. The zero-order valence-corrected chi connectivity index (χ0v) is 15.2. The topological polar surface area (TPSA) is 37.3 Å². The molecule has 1 saturated carbocycles. The van der Waals surface area contributed by atoms with Crippen molar-refractivity contribution in [3.63, 3.8) is 0 Å². The molecule has 1 N–H and O–H groups in total. The summed E-state index contributed by atoms with van der Waals surface area (Å²) in [6.07, 6.45) is 14.8. The Kier molecular flexibility index (Phi) is 9.82. The molecular formula is C20H38O2. The Balaban J connectivity index is 2.23. The van der Waals surface area contributed by atoms with E-state index in [0.29, 0.717) is 24.2 Å². The zero-order valence-electron chi connectivity index (χ0n) is 15.2. The highest BCUT2D eigenvalue weighted by molar-refractivity contribution is 5.67. The van der Waals surface area contributed by atoms with Crippen LogP contribution in [0.1, 0.15) is 97.8 Å². The van der Waals surface area contributed by atoms with Crippen LogP contribution in [0.4, 0.5) is 0 Å². The van der Waals surface area contributed by atoms with Gasteiger partial charge in [0.15, 0.2) is 0 Å². The second-order valence-corrected chi connectivity index (χ2v) is 7.70. The number of hydrogen-bond acceptors (Lipinski definition) is 1. The Labute approximate surface area is 138 Å². The van der Waals surface area contributed by atoms with Gasteiger partial charge in [-0.3, -0.25) is 4.79 Å². The molecule has 0 bridgehead atoms.